The monoisotopic (exact) mass is 332 g/mol. The normalized spacial score (nSPS) is 14.2. The Labute approximate surface area is 133 Å². The highest BCUT2D eigenvalue weighted by molar-refractivity contribution is 7.89. The zero-order valence-corrected chi connectivity index (χ0v) is 14.9. The van der Waals surface area contributed by atoms with E-state index in [1.165, 1.54) is 6.07 Å². The minimum absolute atomic E-state index is 0.0554. The van der Waals surface area contributed by atoms with Crippen LogP contribution >= 0.6 is 11.6 Å². The molecule has 1 rings (SSSR count). The molecule has 1 unspecified atom stereocenters. The van der Waals surface area contributed by atoms with Gasteiger partial charge in [-0.1, -0.05) is 39.3 Å². The van der Waals surface area contributed by atoms with Crippen LogP contribution in [0.5, 0.6) is 0 Å². The summed E-state index contributed by atoms with van der Waals surface area (Å²) in [6.45, 7) is 9.27. The second-order valence-electron chi connectivity index (χ2n) is 6.40. The van der Waals surface area contributed by atoms with Crippen molar-refractivity contribution in [2.45, 2.75) is 39.1 Å². The maximum atomic E-state index is 12.4. The third-order valence-electron chi connectivity index (χ3n) is 3.75. The first-order valence-corrected chi connectivity index (χ1v) is 8.86. The molecule has 0 fully saturated rings. The predicted octanol–water partition coefficient (Wildman–Crippen LogP) is 3.02. The maximum Gasteiger partial charge on any atom is 0.240 e. The molecule has 1 aromatic rings. The number of nitrogens with one attached hydrogen (secondary N) is 2. The number of rotatable bonds is 6. The molecular weight excluding hydrogens is 308 g/mol. The average Bonchev–Trinajstić information content (AvgIpc) is 2.37. The topological polar surface area (TPSA) is 58.2 Å². The number of hydrogen-bond donors (Lipinski definition) is 2. The van der Waals surface area contributed by atoms with Crippen molar-refractivity contribution in [2.24, 2.45) is 11.3 Å². The fourth-order valence-electron chi connectivity index (χ4n) is 1.67. The number of hydrogen-bond acceptors (Lipinski definition) is 3. The number of halogens is 1. The highest BCUT2D eigenvalue weighted by Gasteiger charge is 2.23. The van der Waals surface area contributed by atoms with E-state index in [1.54, 1.807) is 19.2 Å². The molecule has 0 radical (unpaired) electrons. The lowest BCUT2D eigenvalue weighted by molar-refractivity contribution is 0.263. The molecule has 2 N–H and O–H groups in total. The quantitative estimate of drug-likeness (QED) is 0.842. The maximum absolute atomic E-state index is 12.4. The van der Waals surface area contributed by atoms with Gasteiger partial charge in [0.2, 0.25) is 10.0 Å². The molecule has 120 valence electrons. The van der Waals surface area contributed by atoms with Gasteiger partial charge in [-0.25, -0.2) is 13.1 Å². The van der Waals surface area contributed by atoms with Gasteiger partial charge < -0.3 is 5.32 Å². The van der Waals surface area contributed by atoms with Crippen LogP contribution in [0.25, 0.3) is 0 Å². The molecule has 1 atom stereocenters. The van der Waals surface area contributed by atoms with E-state index in [-0.39, 0.29) is 16.2 Å². The van der Waals surface area contributed by atoms with Gasteiger partial charge >= 0.3 is 0 Å². The van der Waals surface area contributed by atoms with Gasteiger partial charge in [-0.15, -0.1) is 0 Å². The lowest BCUT2D eigenvalue weighted by Gasteiger charge is -2.27. The van der Waals surface area contributed by atoms with Crippen molar-refractivity contribution in [1.82, 2.24) is 10.0 Å². The fraction of sp³-hybridized carbons (Fsp3) is 0.600. The van der Waals surface area contributed by atoms with Crippen LogP contribution in [0.15, 0.2) is 23.1 Å². The Hall–Kier alpha value is -0.620. The largest absolute Gasteiger partial charge is 0.316 e. The summed E-state index contributed by atoms with van der Waals surface area (Å²) < 4.78 is 27.4. The van der Waals surface area contributed by atoms with Crippen LogP contribution in [-0.2, 0) is 16.6 Å². The van der Waals surface area contributed by atoms with Crippen molar-refractivity contribution < 1.29 is 8.42 Å². The number of benzene rings is 1. The van der Waals surface area contributed by atoms with E-state index in [9.17, 15) is 8.42 Å². The van der Waals surface area contributed by atoms with Crippen molar-refractivity contribution in [2.75, 3.05) is 13.6 Å². The lowest BCUT2D eigenvalue weighted by atomic mass is 9.82. The molecule has 0 aliphatic carbocycles. The van der Waals surface area contributed by atoms with Gasteiger partial charge in [0.1, 0.15) is 0 Å². The summed E-state index contributed by atoms with van der Waals surface area (Å²) in [4.78, 5) is 0.248. The Bertz CT molecular complexity index is 580. The van der Waals surface area contributed by atoms with Gasteiger partial charge in [0.25, 0.3) is 0 Å². The molecule has 6 heteroatoms. The van der Waals surface area contributed by atoms with Gasteiger partial charge in [0.15, 0.2) is 0 Å². The Morgan fingerprint density at radius 2 is 1.90 bits per heavy atom. The van der Waals surface area contributed by atoms with Crippen molar-refractivity contribution in [3.05, 3.63) is 28.8 Å². The third kappa shape index (κ3) is 5.25. The SMILES string of the molecule is CNCc1cc(S(=O)(=O)NCC(C)C(C)(C)C)ccc1Cl. The molecule has 0 amide bonds. The van der Waals surface area contributed by atoms with E-state index in [0.29, 0.717) is 18.1 Å². The third-order valence-corrected chi connectivity index (χ3v) is 5.54. The van der Waals surface area contributed by atoms with Crippen LogP contribution in [-0.4, -0.2) is 22.0 Å². The first-order valence-electron chi connectivity index (χ1n) is 7.00. The molecule has 0 aromatic heterocycles. The molecule has 4 nitrogen and oxygen atoms in total. The van der Waals surface area contributed by atoms with Gasteiger partial charge in [0, 0.05) is 18.1 Å². The summed E-state index contributed by atoms with van der Waals surface area (Å²) in [5, 5.41) is 3.54. The molecule has 21 heavy (non-hydrogen) atoms. The summed E-state index contributed by atoms with van der Waals surface area (Å²) in [6.07, 6.45) is 0. The standard InChI is InChI=1S/C15H25ClN2O2S/c1-11(15(2,3)4)9-18-21(19,20)13-6-7-14(16)12(8-13)10-17-5/h6-8,11,17-18H,9-10H2,1-5H3. The van der Waals surface area contributed by atoms with Gasteiger partial charge in [0.05, 0.1) is 4.90 Å². The predicted molar refractivity (Wildman–Crippen MR) is 88.0 cm³/mol. The van der Waals surface area contributed by atoms with Gasteiger partial charge in [-0.05, 0) is 42.1 Å². The van der Waals surface area contributed by atoms with Crippen LogP contribution in [0.2, 0.25) is 5.02 Å². The fourth-order valence-corrected chi connectivity index (χ4v) is 3.03. The van der Waals surface area contributed by atoms with E-state index in [0.717, 1.165) is 5.56 Å². The Balaban J connectivity index is 2.91. The van der Waals surface area contributed by atoms with Crippen molar-refractivity contribution >= 4 is 21.6 Å². The molecular formula is C15H25ClN2O2S. The Morgan fingerprint density at radius 1 is 1.29 bits per heavy atom. The second-order valence-corrected chi connectivity index (χ2v) is 8.58. The van der Waals surface area contributed by atoms with Crippen LogP contribution in [0.3, 0.4) is 0 Å². The van der Waals surface area contributed by atoms with Crippen molar-refractivity contribution in [1.29, 1.82) is 0 Å². The van der Waals surface area contributed by atoms with E-state index in [2.05, 4.69) is 30.8 Å². The molecule has 0 saturated heterocycles. The van der Waals surface area contributed by atoms with Crippen LogP contribution in [0.4, 0.5) is 0 Å². The van der Waals surface area contributed by atoms with E-state index < -0.39 is 10.0 Å². The van der Waals surface area contributed by atoms with Gasteiger partial charge in [-0.2, -0.15) is 0 Å². The molecule has 0 spiro atoms. The van der Waals surface area contributed by atoms with E-state index in [1.807, 2.05) is 6.92 Å². The summed E-state index contributed by atoms with van der Waals surface area (Å²) >= 11 is 6.06. The van der Waals surface area contributed by atoms with Crippen LogP contribution in [0, 0.1) is 11.3 Å². The highest BCUT2D eigenvalue weighted by atomic mass is 35.5. The summed E-state index contributed by atoms with van der Waals surface area (Å²) in [5.41, 5.74) is 0.825. The average molecular weight is 333 g/mol. The zero-order chi connectivity index (χ0) is 16.3. The van der Waals surface area contributed by atoms with Gasteiger partial charge in [-0.3, -0.25) is 0 Å². The minimum Gasteiger partial charge on any atom is -0.316 e. The lowest BCUT2D eigenvalue weighted by Crippen LogP contribution is -2.33. The molecule has 1 aromatic carbocycles. The number of sulfonamides is 1. The van der Waals surface area contributed by atoms with E-state index in [4.69, 9.17) is 11.6 Å². The van der Waals surface area contributed by atoms with Crippen molar-refractivity contribution in [3.8, 4) is 0 Å². The molecule has 0 aliphatic rings. The van der Waals surface area contributed by atoms with Crippen molar-refractivity contribution in [3.63, 3.8) is 0 Å². The summed E-state index contributed by atoms with van der Waals surface area (Å²) in [7, 11) is -1.72. The van der Waals surface area contributed by atoms with Crippen LogP contribution < -0.4 is 10.0 Å². The minimum atomic E-state index is -3.51. The first kappa shape index (κ1) is 18.4. The Morgan fingerprint density at radius 3 is 2.43 bits per heavy atom. The molecule has 0 aliphatic heterocycles. The Kier molecular flexibility index (Phi) is 6.23. The molecule has 0 saturated carbocycles. The first-order chi connectivity index (χ1) is 9.58. The summed E-state index contributed by atoms with van der Waals surface area (Å²) in [6, 6.07) is 4.77. The smallest absolute Gasteiger partial charge is 0.240 e. The highest BCUT2D eigenvalue weighted by Crippen LogP contribution is 2.25. The molecule has 0 heterocycles. The van der Waals surface area contributed by atoms with E-state index >= 15 is 0 Å². The zero-order valence-electron chi connectivity index (χ0n) is 13.3. The van der Waals surface area contributed by atoms with Crippen LogP contribution in [0.1, 0.15) is 33.3 Å². The summed E-state index contributed by atoms with van der Waals surface area (Å²) in [5.74, 6) is 0.233. The molecule has 0 bridgehead atoms. The second kappa shape index (κ2) is 7.09.